The number of rotatable bonds is 4. The summed E-state index contributed by atoms with van der Waals surface area (Å²) in [4.78, 5) is 19.4. The average molecular weight is 306 g/mol. The van der Waals surface area contributed by atoms with Gasteiger partial charge in [-0.2, -0.15) is 4.99 Å². The number of benzene rings is 2. The van der Waals surface area contributed by atoms with Gasteiger partial charge in [-0.1, -0.05) is 48.5 Å². The lowest BCUT2D eigenvalue weighted by Gasteiger charge is -2.13. The van der Waals surface area contributed by atoms with E-state index in [0.29, 0.717) is 6.42 Å². The summed E-state index contributed by atoms with van der Waals surface area (Å²) in [6.07, 6.45) is 2.47. The highest BCUT2D eigenvalue weighted by Crippen LogP contribution is 2.27. The van der Waals surface area contributed by atoms with Gasteiger partial charge in [0.25, 0.3) is 5.91 Å². The van der Waals surface area contributed by atoms with Crippen LogP contribution in [0.25, 0.3) is 10.9 Å². The standard InChI is InChI=1S/C18H18N4O/c19-18(20)22-17(23)15(12-6-2-1-3-7-12)10-13-11-21-16-9-5-4-8-14(13)16/h1-9,11,15,21H,10H2,(H4,19,20,22,23). The molecule has 5 N–H and O–H groups in total. The van der Waals surface area contributed by atoms with Crippen molar-refractivity contribution in [2.75, 3.05) is 0 Å². The summed E-state index contributed by atoms with van der Waals surface area (Å²) < 4.78 is 0. The maximum absolute atomic E-state index is 12.5. The number of aliphatic imine (C=N–C) groups is 1. The monoisotopic (exact) mass is 306 g/mol. The highest BCUT2D eigenvalue weighted by molar-refractivity contribution is 5.95. The first-order chi connectivity index (χ1) is 11.1. The van der Waals surface area contributed by atoms with Crippen molar-refractivity contribution in [2.24, 2.45) is 16.5 Å². The van der Waals surface area contributed by atoms with Crippen molar-refractivity contribution in [2.45, 2.75) is 12.3 Å². The summed E-state index contributed by atoms with van der Waals surface area (Å²) in [6, 6.07) is 17.6. The molecular weight excluding hydrogens is 288 g/mol. The van der Waals surface area contributed by atoms with Crippen molar-refractivity contribution in [3.05, 3.63) is 71.9 Å². The molecule has 0 aliphatic rings. The molecule has 0 bridgehead atoms. The number of guanidine groups is 1. The molecule has 1 aromatic heterocycles. The minimum atomic E-state index is -0.419. The minimum absolute atomic E-state index is 0.213. The highest BCUT2D eigenvalue weighted by atomic mass is 16.1. The molecule has 0 radical (unpaired) electrons. The van der Waals surface area contributed by atoms with Crippen molar-refractivity contribution in [1.29, 1.82) is 0 Å². The second kappa shape index (κ2) is 6.36. The predicted molar refractivity (Wildman–Crippen MR) is 92.0 cm³/mol. The molecule has 116 valence electrons. The number of aromatic nitrogens is 1. The number of amides is 1. The number of aromatic amines is 1. The smallest absolute Gasteiger partial charge is 0.256 e. The first-order valence-corrected chi connectivity index (χ1v) is 7.38. The van der Waals surface area contributed by atoms with Gasteiger partial charge in [0.2, 0.25) is 0 Å². The third kappa shape index (κ3) is 3.23. The van der Waals surface area contributed by atoms with E-state index in [0.717, 1.165) is 22.0 Å². The number of carbonyl (C=O) groups is 1. The number of nitrogens with two attached hydrogens (primary N) is 2. The summed E-state index contributed by atoms with van der Waals surface area (Å²) >= 11 is 0. The lowest BCUT2D eigenvalue weighted by molar-refractivity contribution is -0.119. The number of nitrogens with one attached hydrogen (secondary N) is 1. The zero-order valence-electron chi connectivity index (χ0n) is 12.6. The van der Waals surface area contributed by atoms with Gasteiger partial charge >= 0.3 is 0 Å². The second-order valence-corrected chi connectivity index (χ2v) is 5.40. The predicted octanol–water partition coefficient (Wildman–Crippen LogP) is 2.29. The van der Waals surface area contributed by atoms with Gasteiger partial charge < -0.3 is 16.5 Å². The van der Waals surface area contributed by atoms with Crippen LogP contribution < -0.4 is 11.5 Å². The van der Waals surface area contributed by atoms with Gasteiger partial charge in [0.15, 0.2) is 5.96 Å². The zero-order valence-corrected chi connectivity index (χ0v) is 12.6. The molecule has 0 aliphatic carbocycles. The van der Waals surface area contributed by atoms with E-state index in [1.807, 2.05) is 60.8 Å². The van der Waals surface area contributed by atoms with Crippen LogP contribution in [0.2, 0.25) is 0 Å². The molecule has 1 atom stereocenters. The normalized spacial score (nSPS) is 12.0. The van der Waals surface area contributed by atoms with E-state index < -0.39 is 5.92 Å². The minimum Gasteiger partial charge on any atom is -0.370 e. The molecule has 2 aromatic carbocycles. The van der Waals surface area contributed by atoms with Crippen molar-refractivity contribution < 1.29 is 4.79 Å². The molecule has 1 unspecified atom stereocenters. The summed E-state index contributed by atoms with van der Waals surface area (Å²) in [7, 11) is 0. The number of para-hydroxylation sites is 1. The number of H-pyrrole nitrogens is 1. The highest BCUT2D eigenvalue weighted by Gasteiger charge is 2.22. The van der Waals surface area contributed by atoms with Crippen LogP contribution in [0.4, 0.5) is 0 Å². The van der Waals surface area contributed by atoms with E-state index in [1.165, 1.54) is 0 Å². The Morgan fingerprint density at radius 2 is 1.74 bits per heavy atom. The third-order valence-electron chi connectivity index (χ3n) is 3.84. The fraction of sp³-hybridized carbons (Fsp3) is 0.111. The Bertz CT molecular complexity index is 848. The molecule has 0 aliphatic heterocycles. The zero-order chi connectivity index (χ0) is 16.2. The van der Waals surface area contributed by atoms with Crippen molar-refractivity contribution in [1.82, 2.24) is 4.98 Å². The summed E-state index contributed by atoms with van der Waals surface area (Å²) in [6.45, 7) is 0. The van der Waals surface area contributed by atoms with Crippen molar-refractivity contribution in [3.8, 4) is 0 Å². The van der Waals surface area contributed by atoms with Crippen LogP contribution in [0.3, 0.4) is 0 Å². The molecular formula is C18H18N4O. The van der Waals surface area contributed by atoms with Gasteiger partial charge in [-0.25, -0.2) is 0 Å². The lowest BCUT2D eigenvalue weighted by Crippen LogP contribution is -2.26. The number of carbonyl (C=O) groups excluding carboxylic acids is 1. The first kappa shape index (κ1) is 14.8. The number of hydrogen-bond donors (Lipinski definition) is 3. The van der Waals surface area contributed by atoms with Crippen molar-refractivity contribution >= 4 is 22.8 Å². The molecule has 0 saturated heterocycles. The maximum atomic E-state index is 12.5. The molecule has 0 spiro atoms. The molecule has 1 heterocycles. The molecule has 0 saturated carbocycles. The average Bonchev–Trinajstić information content (AvgIpc) is 2.96. The van der Waals surface area contributed by atoms with Crippen molar-refractivity contribution in [3.63, 3.8) is 0 Å². The Morgan fingerprint density at radius 3 is 2.48 bits per heavy atom. The van der Waals surface area contributed by atoms with Gasteiger partial charge in [0.05, 0.1) is 5.92 Å². The fourth-order valence-electron chi connectivity index (χ4n) is 2.76. The van der Waals surface area contributed by atoms with Gasteiger partial charge in [-0.15, -0.1) is 0 Å². The van der Waals surface area contributed by atoms with Gasteiger partial charge in [0.1, 0.15) is 0 Å². The number of hydrogen-bond acceptors (Lipinski definition) is 1. The molecule has 0 fully saturated rings. The Labute approximate surface area is 134 Å². The lowest BCUT2D eigenvalue weighted by atomic mass is 9.91. The fourth-order valence-corrected chi connectivity index (χ4v) is 2.76. The van der Waals surface area contributed by atoms with Crippen LogP contribution in [-0.4, -0.2) is 16.9 Å². The first-order valence-electron chi connectivity index (χ1n) is 7.38. The van der Waals surface area contributed by atoms with Crippen LogP contribution in [-0.2, 0) is 11.2 Å². The number of fused-ring (bicyclic) bond motifs is 1. The SMILES string of the molecule is NC(N)=NC(=O)C(Cc1c[nH]c2ccccc12)c1ccccc1. The molecule has 1 amide bonds. The van der Waals surface area contributed by atoms with Crippen LogP contribution in [0.1, 0.15) is 17.0 Å². The topological polar surface area (TPSA) is 97.3 Å². The largest absolute Gasteiger partial charge is 0.370 e. The maximum Gasteiger partial charge on any atom is 0.256 e. The van der Waals surface area contributed by atoms with Gasteiger partial charge in [0, 0.05) is 17.1 Å². The summed E-state index contributed by atoms with van der Waals surface area (Å²) in [5.41, 5.74) is 13.8. The summed E-state index contributed by atoms with van der Waals surface area (Å²) in [5.74, 6) is -0.964. The second-order valence-electron chi connectivity index (χ2n) is 5.40. The van der Waals surface area contributed by atoms with E-state index in [1.54, 1.807) is 0 Å². The molecule has 5 heteroatoms. The van der Waals surface area contributed by atoms with E-state index in [2.05, 4.69) is 9.98 Å². The van der Waals surface area contributed by atoms with E-state index in [-0.39, 0.29) is 11.9 Å². The van der Waals surface area contributed by atoms with E-state index >= 15 is 0 Å². The quantitative estimate of drug-likeness (QED) is 0.509. The Balaban J connectivity index is 1.99. The molecule has 23 heavy (non-hydrogen) atoms. The molecule has 3 rings (SSSR count). The van der Waals surface area contributed by atoms with E-state index in [9.17, 15) is 4.79 Å². The third-order valence-corrected chi connectivity index (χ3v) is 3.84. The van der Waals surface area contributed by atoms with Gasteiger partial charge in [-0.3, -0.25) is 4.79 Å². The Kier molecular flexibility index (Phi) is 4.10. The van der Waals surface area contributed by atoms with Crippen LogP contribution in [0.15, 0.2) is 65.8 Å². The van der Waals surface area contributed by atoms with Gasteiger partial charge in [-0.05, 0) is 23.6 Å². The van der Waals surface area contributed by atoms with Crippen LogP contribution in [0.5, 0.6) is 0 Å². The summed E-state index contributed by atoms with van der Waals surface area (Å²) in [5, 5.41) is 1.10. The number of nitrogens with zero attached hydrogens (tertiary/aromatic N) is 1. The molecule has 5 nitrogen and oxygen atoms in total. The molecule has 3 aromatic rings. The Morgan fingerprint density at radius 1 is 1.04 bits per heavy atom. The Hall–Kier alpha value is -3.08. The van der Waals surface area contributed by atoms with Crippen LogP contribution >= 0.6 is 0 Å². The van der Waals surface area contributed by atoms with Crippen LogP contribution in [0, 0.1) is 0 Å². The van der Waals surface area contributed by atoms with E-state index in [4.69, 9.17) is 11.5 Å².